The number of amides is 1. The Balaban J connectivity index is 1.72. The van der Waals surface area contributed by atoms with Crippen molar-refractivity contribution in [2.45, 2.75) is 19.0 Å². The molecule has 1 amide bonds. The molecular weight excluding hydrogens is 312 g/mol. The van der Waals surface area contributed by atoms with Crippen LogP contribution in [-0.4, -0.2) is 30.0 Å². The highest BCUT2D eigenvalue weighted by atomic mass is 79.9. The van der Waals surface area contributed by atoms with Crippen LogP contribution in [0.4, 0.5) is 0 Å². The minimum Gasteiger partial charge on any atom is -0.352 e. The van der Waals surface area contributed by atoms with Crippen molar-refractivity contribution in [2.75, 3.05) is 18.1 Å². The Hall–Kier alpha value is -0.520. The van der Waals surface area contributed by atoms with Crippen LogP contribution in [-0.2, 0) is 11.3 Å². The van der Waals surface area contributed by atoms with Crippen molar-refractivity contribution in [3.63, 3.8) is 0 Å². The Morgan fingerprint density at radius 3 is 2.89 bits per heavy atom. The molecule has 2 N–H and O–H groups in total. The largest absolute Gasteiger partial charge is 0.352 e. The Kier molecular flexibility index (Phi) is 5.53. The van der Waals surface area contributed by atoms with Crippen LogP contribution >= 0.6 is 27.7 Å². The molecule has 2 rings (SSSR count). The molecule has 0 radical (unpaired) electrons. The Labute approximate surface area is 120 Å². The second-order valence-corrected chi connectivity index (χ2v) is 6.40. The van der Waals surface area contributed by atoms with Gasteiger partial charge in [-0.15, -0.1) is 0 Å². The standard InChI is InChI=1S/C13H17BrN2OS/c14-11-3-1-10(2-4-11)8-16-13(17)7-12-9-18-6-5-15-12/h1-4,12,15H,5-9H2,(H,16,17). The third-order valence-electron chi connectivity index (χ3n) is 2.83. The van der Waals surface area contributed by atoms with Gasteiger partial charge in [0.1, 0.15) is 0 Å². The Morgan fingerprint density at radius 2 is 2.22 bits per heavy atom. The minimum atomic E-state index is 0.123. The fraction of sp³-hybridized carbons (Fsp3) is 0.462. The average molecular weight is 329 g/mol. The molecule has 3 nitrogen and oxygen atoms in total. The van der Waals surface area contributed by atoms with Crippen molar-refractivity contribution in [2.24, 2.45) is 0 Å². The van der Waals surface area contributed by atoms with Crippen molar-refractivity contribution in [1.29, 1.82) is 0 Å². The van der Waals surface area contributed by atoms with Gasteiger partial charge in [0.2, 0.25) is 5.91 Å². The van der Waals surface area contributed by atoms with Crippen LogP contribution in [0, 0.1) is 0 Å². The summed E-state index contributed by atoms with van der Waals surface area (Å²) in [6.07, 6.45) is 0.573. The molecule has 1 aromatic rings. The molecule has 18 heavy (non-hydrogen) atoms. The van der Waals surface area contributed by atoms with Crippen LogP contribution in [0.25, 0.3) is 0 Å². The van der Waals surface area contributed by atoms with E-state index in [2.05, 4.69) is 26.6 Å². The second-order valence-electron chi connectivity index (χ2n) is 4.33. The molecule has 0 aliphatic carbocycles. The van der Waals surface area contributed by atoms with E-state index in [1.54, 1.807) is 0 Å². The lowest BCUT2D eigenvalue weighted by Gasteiger charge is -2.22. The topological polar surface area (TPSA) is 41.1 Å². The van der Waals surface area contributed by atoms with Gasteiger partial charge in [-0.2, -0.15) is 11.8 Å². The quantitative estimate of drug-likeness (QED) is 0.889. The van der Waals surface area contributed by atoms with Gasteiger partial charge < -0.3 is 10.6 Å². The molecule has 1 fully saturated rings. The Morgan fingerprint density at radius 1 is 1.44 bits per heavy atom. The van der Waals surface area contributed by atoms with E-state index in [1.807, 2.05) is 36.0 Å². The summed E-state index contributed by atoms with van der Waals surface area (Å²) in [5, 5.41) is 6.33. The van der Waals surface area contributed by atoms with Crippen LogP contribution in [0.5, 0.6) is 0 Å². The number of carbonyl (C=O) groups is 1. The van der Waals surface area contributed by atoms with Crippen molar-refractivity contribution >= 4 is 33.6 Å². The highest BCUT2D eigenvalue weighted by Crippen LogP contribution is 2.11. The van der Waals surface area contributed by atoms with Crippen LogP contribution in [0.1, 0.15) is 12.0 Å². The van der Waals surface area contributed by atoms with Gasteiger partial charge in [0, 0.05) is 41.5 Å². The van der Waals surface area contributed by atoms with Crippen LogP contribution in [0.15, 0.2) is 28.7 Å². The van der Waals surface area contributed by atoms with Gasteiger partial charge in [-0.25, -0.2) is 0 Å². The Bertz CT molecular complexity index is 390. The minimum absolute atomic E-state index is 0.123. The van der Waals surface area contributed by atoms with Crippen molar-refractivity contribution < 1.29 is 4.79 Å². The monoisotopic (exact) mass is 328 g/mol. The molecule has 0 bridgehead atoms. The highest BCUT2D eigenvalue weighted by Gasteiger charge is 2.16. The van der Waals surface area contributed by atoms with E-state index in [0.29, 0.717) is 19.0 Å². The molecule has 1 heterocycles. The number of rotatable bonds is 4. The summed E-state index contributed by atoms with van der Waals surface area (Å²) in [5.41, 5.74) is 1.12. The van der Waals surface area contributed by atoms with Gasteiger partial charge >= 0.3 is 0 Å². The number of benzene rings is 1. The van der Waals surface area contributed by atoms with Crippen LogP contribution in [0.3, 0.4) is 0 Å². The SMILES string of the molecule is O=C(CC1CSCCN1)NCc1ccc(Br)cc1. The molecule has 0 saturated carbocycles. The van der Waals surface area contributed by atoms with Gasteiger partial charge in [-0.05, 0) is 17.7 Å². The molecule has 1 unspecified atom stereocenters. The highest BCUT2D eigenvalue weighted by molar-refractivity contribution is 9.10. The van der Waals surface area contributed by atoms with E-state index < -0.39 is 0 Å². The second kappa shape index (κ2) is 7.16. The number of halogens is 1. The maximum atomic E-state index is 11.8. The summed E-state index contributed by atoms with van der Waals surface area (Å²) in [4.78, 5) is 11.8. The molecule has 1 aliphatic heterocycles. The lowest BCUT2D eigenvalue weighted by Crippen LogP contribution is -2.41. The third-order valence-corrected chi connectivity index (χ3v) is 4.49. The van der Waals surface area contributed by atoms with E-state index >= 15 is 0 Å². The maximum Gasteiger partial charge on any atom is 0.221 e. The zero-order chi connectivity index (χ0) is 12.8. The van der Waals surface area contributed by atoms with Gasteiger partial charge in [-0.1, -0.05) is 28.1 Å². The molecule has 1 saturated heterocycles. The molecule has 5 heteroatoms. The lowest BCUT2D eigenvalue weighted by atomic mass is 10.2. The predicted molar refractivity (Wildman–Crippen MR) is 79.7 cm³/mol. The summed E-state index contributed by atoms with van der Waals surface area (Å²) in [6, 6.07) is 8.33. The first kappa shape index (κ1) is 13.9. The van der Waals surface area contributed by atoms with Crippen LogP contribution in [0.2, 0.25) is 0 Å². The molecule has 98 valence electrons. The molecule has 0 aromatic heterocycles. The van der Waals surface area contributed by atoms with E-state index in [0.717, 1.165) is 28.1 Å². The molecule has 1 atom stereocenters. The van der Waals surface area contributed by atoms with E-state index in [4.69, 9.17) is 0 Å². The normalized spacial score (nSPS) is 19.5. The fourth-order valence-electron chi connectivity index (χ4n) is 1.85. The summed E-state index contributed by atoms with van der Waals surface area (Å²) in [6.45, 7) is 1.61. The summed E-state index contributed by atoms with van der Waals surface area (Å²) >= 11 is 5.31. The van der Waals surface area contributed by atoms with E-state index in [1.165, 1.54) is 0 Å². The fourth-order valence-corrected chi connectivity index (χ4v) is 3.06. The first-order valence-corrected chi connectivity index (χ1v) is 8.01. The third kappa shape index (κ3) is 4.63. The molecule has 1 aliphatic rings. The van der Waals surface area contributed by atoms with Crippen molar-refractivity contribution in [3.8, 4) is 0 Å². The summed E-state index contributed by atoms with van der Waals surface area (Å²) < 4.78 is 1.06. The van der Waals surface area contributed by atoms with Gasteiger partial charge in [0.05, 0.1) is 0 Å². The van der Waals surface area contributed by atoms with E-state index in [9.17, 15) is 4.79 Å². The zero-order valence-corrected chi connectivity index (χ0v) is 12.5. The van der Waals surface area contributed by atoms with Crippen LogP contribution < -0.4 is 10.6 Å². The average Bonchev–Trinajstić information content (AvgIpc) is 2.39. The zero-order valence-electron chi connectivity index (χ0n) is 10.1. The molecule has 1 aromatic carbocycles. The number of hydrogen-bond donors (Lipinski definition) is 2. The van der Waals surface area contributed by atoms with Gasteiger partial charge in [-0.3, -0.25) is 4.79 Å². The van der Waals surface area contributed by atoms with Gasteiger partial charge in [0.25, 0.3) is 0 Å². The number of thioether (sulfide) groups is 1. The summed E-state index contributed by atoms with van der Waals surface area (Å²) in [7, 11) is 0. The summed E-state index contributed by atoms with van der Waals surface area (Å²) in [5.74, 6) is 2.31. The van der Waals surface area contributed by atoms with Crippen molar-refractivity contribution in [1.82, 2.24) is 10.6 Å². The first-order valence-electron chi connectivity index (χ1n) is 6.06. The number of nitrogens with one attached hydrogen (secondary N) is 2. The molecule has 0 spiro atoms. The van der Waals surface area contributed by atoms with E-state index in [-0.39, 0.29) is 5.91 Å². The smallest absolute Gasteiger partial charge is 0.221 e. The van der Waals surface area contributed by atoms with Gasteiger partial charge in [0.15, 0.2) is 0 Å². The lowest BCUT2D eigenvalue weighted by molar-refractivity contribution is -0.121. The first-order chi connectivity index (χ1) is 8.74. The number of hydrogen-bond acceptors (Lipinski definition) is 3. The van der Waals surface area contributed by atoms with Crippen molar-refractivity contribution in [3.05, 3.63) is 34.3 Å². The molecular formula is C13H17BrN2OS. The predicted octanol–water partition coefficient (Wildman–Crippen LogP) is 2.16. The number of carbonyl (C=O) groups excluding carboxylic acids is 1. The maximum absolute atomic E-state index is 11.8.